The third-order valence-electron chi connectivity index (χ3n) is 2.89. The zero-order valence-electron chi connectivity index (χ0n) is 10.6. The lowest BCUT2D eigenvalue weighted by atomic mass is 10.1. The Morgan fingerprint density at radius 2 is 2.06 bits per heavy atom. The number of carbonyl (C=O) groups is 1. The largest absolute Gasteiger partial charge is 0.481 e. The quantitative estimate of drug-likeness (QED) is 0.895. The molecule has 1 aromatic carbocycles. The van der Waals surface area contributed by atoms with Crippen LogP contribution in [0.5, 0.6) is 0 Å². The van der Waals surface area contributed by atoms with Crippen molar-refractivity contribution in [2.24, 2.45) is 0 Å². The van der Waals surface area contributed by atoms with Crippen molar-refractivity contribution in [3.05, 3.63) is 40.7 Å². The minimum atomic E-state index is -0.897. The maximum Gasteiger partial charge on any atom is 0.309 e. The number of aromatic nitrogens is 3. The molecule has 0 bridgehead atoms. The normalized spacial score (nSPS) is 10.6. The molecule has 94 valence electrons. The molecule has 0 amide bonds. The van der Waals surface area contributed by atoms with Gasteiger partial charge in [-0.1, -0.05) is 22.9 Å². The van der Waals surface area contributed by atoms with E-state index in [-0.39, 0.29) is 6.42 Å². The standard InChI is InChI=1S/C13H15N3O2/c1-8-4-5-12(9(2)6-8)16-10(3)11(14-15-16)7-13(17)18/h4-6H,7H2,1-3H3,(H,17,18). The second-order valence-electron chi connectivity index (χ2n) is 4.39. The first-order chi connectivity index (χ1) is 8.49. The van der Waals surface area contributed by atoms with Crippen molar-refractivity contribution >= 4 is 5.97 Å². The van der Waals surface area contributed by atoms with E-state index in [1.165, 1.54) is 5.56 Å². The number of carboxylic acid groups (broad SMARTS) is 1. The third-order valence-corrected chi connectivity index (χ3v) is 2.89. The average molecular weight is 245 g/mol. The molecule has 2 aromatic rings. The highest BCUT2D eigenvalue weighted by atomic mass is 16.4. The number of rotatable bonds is 3. The first-order valence-corrected chi connectivity index (χ1v) is 5.69. The van der Waals surface area contributed by atoms with Gasteiger partial charge in [-0.25, -0.2) is 4.68 Å². The second kappa shape index (κ2) is 4.60. The van der Waals surface area contributed by atoms with Crippen LogP contribution in [0.4, 0.5) is 0 Å². The summed E-state index contributed by atoms with van der Waals surface area (Å²) in [7, 11) is 0. The molecule has 0 aliphatic rings. The highest BCUT2D eigenvalue weighted by molar-refractivity contribution is 5.69. The predicted octanol–water partition coefficient (Wildman–Crippen LogP) is 1.82. The fourth-order valence-corrected chi connectivity index (χ4v) is 1.94. The van der Waals surface area contributed by atoms with E-state index in [4.69, 9.17) is 5.11 Å². The summed E-state index contributed by atoms with van der Waals surface area (Å²) in [5.74, 6) is -0.897. The van der Waals surface area contributed by atoms with Crippen LogP contribution in [0.1, 0.15) is 22.5 Å². The SMILES string of the molecule is Cc1ccc(-n2nnc(CC(=O)O)c2C)c(C)c1. The van der Waals surface area contributed by atoms with Crippen LogP contribution >= 0.6 is 0 Å². The fraction of sp³-hybridized carbons (Fsp3) is 0.308. The number of benzene rings is 1. The monoisotopic (exact) mass is 245 g/mol. The zero-order chi connectivity index (χ0) is 13.3. The van der Waals surface area contributed by atoms with Gasteiger partial charge in [0, 0.05) is 0 Å². The molecule has 0 fully saturated rings. The molecule has 0 saturated carbocycles. The van der Waals surface area contributed by atoms with E-state index < -0.39 is 5.97 Å². The van der Waals surface area contributed by atoms with Gasteiger partial charge in [-0.2, -0.15) is 0 Å². The molecule has 0 aliphatic carbocycles. The van der Waals surface area contributed by atoms with Gasteiger partial charge >= 0.3 is 5.97 Å². The van der Waals surface area contributed by atoms with Crippen molar-refractivity contribution in [3.8, 4) is 5.69 Å². The molecule has 18 heavy (non-hydrogen) atoms. The lowest BCUT2D eigenvalue weighted by Gasteiger charge is -2.08. The first-order valence-electron chi connectivity index (χ1n) is 5.69. The van der Waals surface area contributed by atoms with E-state index >= 15 is 0 Å². The lowest BCUT2D eigenvalue weighted by Crippen LogP contribution is -2.04. The topological polar surface area (TPSA) is 68.0 Å². The Labute approximate surface area is 105 Å². The van der Waals surface area contributed by atoms with Crippen LogP contribution in [-0.2, 0) is 11.2 Å². The molecule has 0 saturated heterocycles. The zero-order valence-corrected chi connectivity index (χ0v) is 10.6. The molecule has 2 rings (SSSR count). The highest BCUT2D eigenvalue weighted by Gasteiger charge is 2.14. The van der Waals surface area contributed by atoms with Crippen molar-refractivity contribution in [2.45, 2.75) is 27.2 Å². The van der Waals surface area contributed by atoms with E-state index in [1.54, 1.807) is 4.68 Å². The molecule has 5 heteroatoms. The summed E-state index contributed by atoms with van der Waals surface area (Å²) in [6.07, 6.45) is -0.100. The molecule has 0 spiro atoms. The van der Waals surface area contributed by atoms with E-state index in [0.29, 0.717) is 5.69 Å². The lowest BCUT2D eigenvalue weighted by molar-refractivity contribution is -0.136. The van der Waals surface area contributed by atoms with Gasteiger partial charge in [-0.15, -0.1) is 5.10 Å². The Balaban J connectivity index is 2.45. The Hall–Kier alpha value is -2.17. The van der Waals surface area contributed by atoms with Gasteiger partial charge in [-0.05, 0) is 32.4 Å². The summed E-state index contributed by atoms with van der Waals surface area (Å²) in [6, 6.07) is 6.03. The van der Waals surface area contributed by atoms with Crippen LogP contribution in [0, 0.1) is 20.8 Å². The molecule has 1 aromatic heterocycles. The maximum absolute atomic E-state index is 10.7. The number of hydrogen-bond acceptors (Lipinski definition) is 3. The summed E-state index contributed by atoms with van der Waals surface area (Å²) in [5.41, 5.74) is 4.47. The fourth-order valence-electron chi connectivity index (χ4n) is 1.94. The number of nitrogens with zero attached hydrogens (tertiary/aromatic N) is 3. The number of aliphatic carboxylic acids is 1. The van der Waals surface area contributed by atoms with Crippen molar-refractivity contribution in [1.29, 1.82) is 0 Å². The molecule has 0 radical (unpaired) electrons. The smallest absolute Gasteiger partial charge is 0.309 e. The molecule has 0 unspecified atom stereocenters. The van der Waals surface area contributed by atoms with E-state index in [1.807, 2.05) is 32.9 Å². The molecule has 1 heterocycles. The summed E-state index contributed by atoms with van der Waals surface area (Å²) in [6.45, 7) is 5.86. The Morgan fingerprint density at radius 1 is 1.33 bits per heavy atom. The van der Waals surface area contributed by atoms with Crippen LogP contribution in [0.3, 0.4) is 0 Å². The van der Waals surface area contributed by atoms with Gasteiger partial charge in [0.05, 0.1) is 23.5 Å². The van der Waals surface area contributed by atoms with Crippen LogP contribution in [0.2, 0.25) is 0 Å². The summed E-state index contributed by atoms with van der Waals surface area (Å²) >= 11 is 0. The first kappa shape index (κ1) is 12.3. The van der Waals surface area contributed by atoms with Gasteiger partial charge in [-0.3, -0.25) is 4.79 Å². The third kappa shape index (κ3) is 2.25. The Morgan fingerprint density at radius 3 is 2.67 bits per heavy atom. The average Bonchev–Trinajstić information content (AvgIpc) is 2.60. The molecule has 0 aliphatic heterocycles. The van der Waals surface area contributed by atoms with Crippen molar-refractivity contribution in [3.63, 3.8) is 0 Å². The highest BCUT2D eigenvalue weighted by Crippen LogP contribution is 2.17. The maximum atomic E-state index is 10.7. The van der Waals surface area contributed by atoms with Crippen LogP contribution in [0.15, 0.2) is 18.2 Å². The van der Waals surface area contributed by atoms with Crippen LogP contribution in [-0.4, -0.2) is 26.1 Å². The summed E-state index contributed by atoms with van der Waals surface area (Å²) < 4.78 is 1.69. The van der Waals surface area contributed by atoms with Gasteiger partial charge < -0.3 is 5.11 Å². The molecular weight excluding hydrogens is 230 g/mol. The minimum Gasteiger partial charge on any atom is -0.481 e. The molecule has 5 nitrogen and oxygen atoms in total. The minimum absolute atomic E-state index is 0.100. The number of hydrogen-bond donors (Lipinski definition) is 1. The molecule has 0 atom stereocenters. The van der Waals surface area contributed by atoms with Crippen molar-refractivity contribution in [2.75, 3.05) is 0 Å². The van der Waals surface area contributed by atoms with Gasteiger partial charge in [0.2, 0.25) is 0 Å². The second-order valence-corrected chi connectivity index (χ2v) is 4.39. The van der Waals surface area contributed by atoms with Gasteiger partial charge in [0.15, 0.2) is 0 Å². The van der Waals surface area contributed by atoms with E-state index in [2.05, 4.69) is 16.4 Å². The Kier molecular flexibility index (Phi) is 3.14. The van der Waals surface area contributed by atoms with Crippen molar-refractivity contribution in [1.82, 2.24) is 15.0 Å². The van der Waals surface area contributed by atoms with Gasteiger partial charge in [0.1, 0.15) is 0 Å². The predicted molar refractivity (Wildman–Crippen MR) is 66.9 cm³/mol. The molecular formula is C13H15N3O2. The van der Waals surface area contributed by atoms with Gasteiger partial charge in [0.25, 0.3) is 0 Å². The summed E-state index contributed by atoms with van der Waals surface area (Å²) in [4.78, 5) is 10.7. The van der Waals surface area contributed by atoms with Crippen LogP contribution in [0.25, 0.3) is 5.69 Å². The van der Waals surface area contributed by atoms with E-state index in [0.717, 1.165) is 16.9 Å². The Bertz CT molecular complexity index is 602. The number of carboxylic acids is 1. The van der Waals surface area contributed by atoms with Crippen molar-refractivity contribution < 1.29 is 9.90 Å². The summed E-state index contributed by atoms with van der Waals surface area (Å²) in [5, 5.41) is 16.7. The number of aryl methyl sites for hydroxylation is 2. The van der Waals surface area contributed by atoms with Crippen LogP contribution < -0.4 is 0 Å². The molecule has 1 N–H and O–H groups in total. The van der Waals surface area contributed by atoms with E-state index in [9.17, 15) is 4.79 Å².